The number of hydrogen-bond donors (Lipinski definition) is 1. The fourth-order valence-corrected chi connectivity index (χ4v) is 4.16. The van der Waals surface area contributed by atoms with E-state index in [1.807, 2.05) is 0 Å². The van der Waals surface area contributed by atoms with E-state index in [0.717, 1.165) is 30.2 Å². The second-order valence-corrected chi connectivity index (χ2v) is 8.44. The van der Waals surface area contributed by atoms with E-state index in [4.69, 9.17) is 9.36 Å². The highest BCUT2D eigenvalue weighted by Crippen LogP contribution is 2.37. The molecule has 1 aromatic heterocycles. The number of amides is 1. The van der Waals surface area contributed by atoms with Gasteiger partial charge in [0.25, 0.3) is 15.9 Å². The van der Waals surface area contributed by atoms with Crippen molar-refractivity contribution in [3.63, 3.8) is 0 Å². The zero-order valence-electron chi connectivity index (χ0n) is 15.4. The van der Waals surface area contributed by atoms with Crippen LogP contribution in [0.25, 0.3) is 0 Å². The highest BCUT2D eigenvalue weighted by Gasteiger charge is 2.41. The van der Waals surface area contributed by atoms with Crippen LogP contribution in [0.1, 0.15) is 47.8 Å². The third-order valence-corrected chi connectivity index (χ3v) is 6.47. The minimum Gasteiger partial charge on any atom is -0.340 e. The Morgan fingerprint density at radius 2 is 1.89 bits per heavy atom. The van der Waals surface area contributed by atoms with Crippen molar-refractivity contribution in [2.45, 2.75) is 43.0 Å². The zero-order valence-corrected chi connectivity index (χ0v) is 16.2. The van der Waals surface area contributed by atoms with Gasteiger partial charge in [-0.3, -0.25) is 9.63 Å². The molecule has 0 atom stereocenters. The lowest BCUT2D eigenvalue weighted by Crippen LogP contribution is -2.44. The first kappa shape index (κ1) is 19.5. The van der Waals surface area contributed by atoms with Gasteiger partial charge >= 0.3 is 0 Å². The number of benzene rings is 1. The predicted molar refractivity (Wildman–Crippen MR) is 95.0 cm³/mol. The van der Waals surface area contributed by atoms with Crippen LogP contribution in [0.5, 0.6) is 0 Å². The van der Waals surface area contributed by atoms with Gasteiger partial charge in [-0.15, -0.1) is 0 Å². The number of aryl methyl sites for hydroxylation is 1. The molecule has 9 nitrogen and oxygen atoms in total. The summed E-state index contributed by atoms with van der Waals surface area (Å²) in [6.45, 7) is 1.71. The summed E-state index contributed by atoms with van der Waals surface area (Å²) in [5.74, 6) is 0.609. The van der Waals surface area contributed by atoms with E-state index in [9.17, 15) is 13.2 Å². The molecule has 1 amide bonds. The molecule has 1 aromatic carbocycles. The van der Waals surface area contributed by atoms with E-state index in [1.165, 1.54) is 38.4 Å². The molecule has 146 valence electrons. The maximum Gasteiger partial charge on any atom is 0.264 e. The molecule has 1 aliphatic carbocycles. The monoisotopic (exact) mass is 394 g/mol. The molecule has 0 spiro atoms. The van der Waals surface area contributed by atoms with E-state index in [0.29, 0.717) is 17.3 Å². The fourth-order valence-electron chi connectivity index (χ4n) is 3.19. The van der Waals surface area contributed by atoms with Gasteiger partial charge in [-0.2, -0.15) is 4.98 Å². The van der Waals surface area contributed by atoms with Gasteiger partial charge in [-0.1, -0.05) is 22.5 Å². The molecule has 1 heterocycles. The third-order valence-electron chi connectivity index (χ3n) is 4.78. The molecule has 0 radical (unpaired) electrons. The summed E-state index contributed by atoms with van der Waals surface area (Å²) >= 11 is 0. The van der Waals surface area contributed by atoms with Crippen molar-refractivity contribution in [2.24, 2.45) is 0 Å². The van der Waals surface area contributed by atoms with Crippen molar-refractivity contribution in [3.05, 3.63) is 41.5 Å². The summed E-state index contributed by atoms with van der Waals surface area (Å²) in [6.07, 6.45) is 3.36. The molecule has 10 heteroatoms. The Hall–Kier alpha value is -2.30. The number of rotatable bonds is 6. The molecule has 0 unspecified atom stereocenters. The molecule has 27 heavy (non-hydrogen) atoms. The maximum atomic E-state index is 12.8. The van der Waals surface area contributed by atoms with E-state index < -0.39 is 15.6 Å². The number of nitrogens with one attached hydrogen (secondary N) is 1. The number of aromatic nitrogens is 2. The summed E-state index contributed by atoms with van der Waals surface area (Å²) < 4.78 is 30.3. The van der Waals surface area contributed by atoms with Crippen molar-refractivity contribution >= 4 is 15.9 Å². The smallest absolute Gasteiger partial charge is 0.264 e. The zero-order chi connectivity index (χ0) is 19.7. The van der Waals surface area contributed by atoms with Crippen molar-refractivity contribution in [1.82, 2.24) is 19.9 Å². The second-order valence-electron chi connectivity index (χ2n) is 6.50. The van der Waals surface area contributed by atoms with Crippen LogP contribution < -0.4 is 5.32 Å². The Morgan fingerprint density at radius 3 is 2.41 bits per heavy atom. The van der Waals surface area contributed by atoms with Crippen LogP contribution in [0.15, 0.2) is 33.7 Å². The lowest BCUT2D eigenvalue weighted by atomic mass is 9.96. The molecular formula is C17H22N4O5S. The summed E-state index contributed by atoms with van der Waals surface area (Å²) in [5.41, 5.74) is -0.309. The fraction of sp³-hybridized carbons (Fsp3) is 0.471. The molecule has 1 saturated carbocycles. The summed E-state index contributed by atoms with van der Waals surface area (Å²) in [5, 5.41) is 7.01. The topological polar surface area (TPSA) is 115 Å². The molecule has 0 aliphatic heterocycles. The first-order valence-corrected chi connectivity index (χ1v) is 9.99. The first-order valence-electron chi connectivity index (χ1n) is 8.55. The number of carbonyl (C=O) groups excluding carboxylic acids is 1. The molecule has 1 aliphatic rings. The highest BCUT2D eigenvalue weighted by atomic mass is 32.2. The van der Waals surface area contributed by atoms with E-state index in [2.05, 4.69) is 15.5 Å². The summed E-state index contributed by atoms with van der Waals surface area (Å²) in [4.78, 5) is 21.8. The molecule has 0 bridgehead atoms. The lowest BCUT2D eigenvalue weighted by Gasteiger charge is -2.26. The number of hydrogen-bond acceptors (Lipinski definition) is 7. The number of sulfonamides is 1. The van der Waals surface area contributed by atoms with E-state index in [1.54, 1.807) is 6.92 Å². The van der Waals surface area contributed by atoms with Crippen molar-refractivity contribution in [1.29, 1.82) is 0 Å². The Kier molecular flexibility index (Phi) is 5.31. The van der Waals surface area contributed by atoms with Gasteiger partial charge in [0.2, 0.25) is 5.89 Å². The molecule has 3 rings (SSSR count). The van der Waals surface area contributed by atoms with Crippen LogP contribution in [0.3, 0.4) is 0 Å². The molecule has 1 fully saturated rings. The largest absolute Gasteiger partial charge is 0.340 e. The number of nitrogens with zero attached hydrogens (tertiary/aromatic N) is 3. The summed E-state index contributed by atoms with van der Waals surface area (Å²) in [7, 11) is -1.20. The van der Waals surface area contributed by atoms with E-state index >= 15 is 0 Å². The van der Waals surface area contributed by atoms with Gasteiger partial charge in [-0.25, -0.2) is 8.42 Å². The minimum atomic E-state index is -3.76. The number of carbonyl (C=O) groups is 1. The van der Waals surface area contributed by atoms with Crippen LogP contribution in [0.2, 0.25) is 0 Å². The molecule has 2 aromatic rings. The normalized spacial score (nSPS) is 16.6. The SMILES string of the molecule is CON(C)S(=O)(=O)c1ccc(C(=O)NC2(c3noc(C)n3)CCCC2)cc1. The third kappa shape index (κ3) is 3.73. The van der Waals surface area contributed by atoms with Gasteiger partial charge in [0.15, 0.2) is 5.82 Å². The van der Waals surface area contributed by atoms with Crippen molar-refractivity contribution in [3.8, 4) is 0 Å². The first-order chi connectivity index (χ1) is 12.8. The van der Waals surface area contributed by atoms with Gasteiger partial charge < -0.3 is 9.84 Å². The van der Waals surface area contributed by atoms with Crippen LogP contribution in [0, 0.1) is 6.92 Å². The lowest BCUT2D eigenvalue weighted by molar-refractivity contribution is -0.0258. The standard InChI is InChI=1S/C17H22N4O5S/c1-12-18-16(20-26-12)17(10-4-5-11-17)19-15(22)13-6-8-14(9-7-13)27(23,24)21(2)25-3/h6-9H,4-5,10-11H2,1-3H3,(H,19,22). The van der Waals surface area contributed by atoms with Crippen molar-refractivity contribution < 1.29 is 22.6 Å². The minimum absolute atomic E-state index is 0.0350. The van der Waals surface area contributed by atoms with E-state index in [-0.39, 0.29) is 10.8 Å². The highest BCUT2D eigenvalue weighted by molar-refractivity contribution is 7.89. The molecule has 0 saturated heterocycles. The summed E-state index contributed by atoms with van der Waals surface area (Å²) in [6, 6.07) is 5.69. The Balaban J connectivity index is 1.82. The Bertz CT molecular complexity index is 917. The van der Waals surface area contributed by atoms with Gasteiger partial charge in [0.1, 0.15) is 5.54 Å². The van der Waals surface area contributed by atoms with Gasteiger partial charge in [0, 0.05) is 19.5 Å². The van der Waals surface area contributed by atoms with Crippen LogP contribution in [-0.4, -0.2) is 43.1 Å². The molecule has 1 N–H and O–H groups in total. The average molecular weight is 394 g/mol. The van der Waals surface area contributed by atoms with Crippen LogP contribution in [0.4, 0.5) is 0 Å². The van der Waals surface area contributed by atoms with Gasteiger partial charge in [0.05, 0.1) is 12.0 Å². The Morgan fingerprint density at radius 1 is 1.26 bits per heavy atom. The maximum absolute atomic E-state index is 12.8. The predicted octanol–water partition coefficient (Wildman–Crippen LogP) is 1.76. The van der Waals surface area contributed by atoms with Crippen LogP contribution in [-0.2, 0) is 20.4 Å². The quantitative estimate of drug-likeness (QED) is 0.742. The average Bonchev–Trinajstić information content (AvgIpc) is 3.31. The molecular weight excluding hydrogens is 372 g/mol. The second kappa shape index (κ2) is 7.37. The number of hydroxylamine groups is 1. The Labute approximate surface area is 157 Å². The van der Waals surface area contributed by atoms with Crippen LogP contribution >= 0.6 is 0 Å². The van der Waals surface area contributed by atoms with Crippen molar-refractivity contribution in [2.75, 3.05) is 14.2 Å². The van der Waals surface area contributed by atoms with Gasteiger partial charge in [-0.05, 0) is 37.1 Å².